The van der Waals surface area contributed by atoms with E-state index < -0.39 is 0 Å². The van der Waals surface area contributed by atoms with Crippen LogP contribution in [-0.2, 0) is 0 Å². The summed E-state index contributed by atoms with van der Waals surface area (Å²) in [4.78, 5) is 8.96. The number of rotatable bonds is 6. The SMILES string of the molecule is CN(CCN1CCCC1)C(CN)c1ccncc1. The van der Waals surface area contributed by atoms with Crippen molar-refractivity contribution in [1.29, 1.82) is 0 Å². The Morgan fingerprint density at radius 1 is 1.33 bits per heavy atom. The number of nitrogens with zero attached hydrogens (tertiary/aromatic N) is 3. The Bertz CT molecular complexity index is 335. The van der Waals surface area contributed by atoms with Gasteiger partial charge in [0.15, 0.2) is 0 Å². The number of likely N-dealkylation sites (N-methyl/N-ethyl adjacent to an activating group) is 1. The van der Waals surface area contributed by atoms with E-state index in [0.717, 1.165) is 13.1 Å². The monoisotopic (exact) mass is 248 g/mol. The summed E-state index contributed by atoms with van der Waals surface area (Å²) in [5.74, 6) is 0. The number of nitrogens with two attached hydrogens (primary N) is 1. The van der Waals surface area contributed by atoms with Crippen molar-refractivity contribution in [2.75, 3.05) is 39.8 Å². The van der Waals surface area contributed by atoms with Gasteiger partial charge in [0.1, 0.15) is 0 Å². The molecule has 0 aromatic carbocycles. The van der Waals surface area contributed by atoms with Gasteiger partial charge in [0, 0.05) is 38.1 Å². The van der Waals surface area contributed by atoms with E-state index in [0.29, 0.717) is 12.6 Å². The van der Waals surface area contributed by atoms with Crippen molar-refractivity contribution in [3.8, 4) is 0 Å². The summed E-state index contributed by atoms with van der Waals surface area (Å²) >= 11 is 0. The van der Waals surface area contributed by atoms with Crippen molar-refractivity contribution >= 4 is 0 Å². The number of aromatic nitrogens is 1. The molecule has 2 rings (SSSR count). The topological polar surface area (TPSA) is 45.4 Å². The van der Waals surface area contributed by atoms with Crippen LogP contribution in [0.15, 0.2) is 24.5 Å². The minimum absolute atomic E-state index is 0.301. The highest BCUT2D eigenvalue weighted by Crippen LogP contribution is 2.17. The maximum absolute atomic E-state index is 5.91. The number of pyridine rings is 1. The Morgan fingerprint density at radius 3 is 2.61 bits per heavy atom. The third-order valence-corrected chi connectivity index (χ3v) is 3.81. The van der Waals surface area contributed by atoms with E-state index in [4.69, 9.17) is 5.73 Å². The first kappa shape index (κ1) is 13.5. The van der Waals surface area contributed by atoms with E-state index in [1.54, 1.807) is 0 Å². The Morgan fingerprint density at radius 2 is 2.00 bits per heavy atom. The van der Waals surface area contributed by atoms with E-state index in [9.17, 15) is 0 Å². The Labute approximate surface area is 110 Å². The average molecular weight is 248 g/mol. The van der Waals surface area contributed by atoms with E-state index in [1.807, 2.05) is 12.4 Å². The van der Waals surface area contributed by atoms with Crippen molar-refractivity contribution in [3.63, 3.8) is 0 Å². The summed E-state index contributed by atoms with van der Waals surface area (Å²) in [5, 5.41) is 0. The second kappa shape index (κ2) is 6.83. The summed E-state index contributed by atoms with van der Waals surface area (Å²) < 4.78 is 0. The van der Waals surface area contributed by atoms with E-state index in [1.165, 1.54) is 31.5 Å². The minimum atomic E-state index is 0.301. The van der Waals surface area contributed by atoms with Gasteiger partial charge in [-0.1, -0.05) is 0 Å². The lowest BCUT2D eigenvalue weighted by Crippen LogP contribution is -2.36. The number of hydrogen-bond donors (Lipinski definition) is 1. The van der Waals surface area contributed by atoms with Crippen LogP contribution in [-0.4, -0.2) is 54.6 Å². The Balaban J connectivity index is 1.87. The van der Waals surface area contributed by atoms with Gasteiger partial charge in [0.05, 0.1) is 0 Å². The van der Waals surface area contributed by atoms with Crippen molar-refractivity contribution in [3.05, 3.63) is 30.1 Å². The van der Waals surface area contributed by atoms with Crippen LogP contribution < -0.4 is 5.73 Å². The molecule has 100 valence electrons. The van der Waals surface area contributed by atoms with Gasteiger partial charge in [-0.2, -0.15) is 0 Å². The molecule has 2 N–H and O–H groups in total. The summed E-state index contributed by atoms with van der Waals surface area (Å²) in [6, 6.07) is 4.42. The predicted molar refractivity (Wildman–Crippen MR) is 74.3 cm³/mol. The average Bonchev–Trinajstić information content (AvgIpc) is 2.92. The molecule has 1 fully saturated rings. The highest BCUT2D eigenvalue weighted by molar-refractivity contribution is 5.15. The lowest BCUT2D eigenvalue weighted by atomic mass is 10.1. The molecule has 0 amide bonds. The second-order valence-corrected chi connectivity index (χ2v) is 5.06. The highest BCUT2D eigenvalue weighted by Gasteiger charge is 2.17. The van der Waals surface area contributed by atoms with Crippen LogP contribution in [0.1, 0.15) is 24.4 Å². The van der Waals surface area contributed by atoms with Gasteiger partial charge in [0.2, 0.25) is 0 Å². The van der Waals surface area contributed by atoms with Crippen LogP contribution in [0.5, 0.6) is 0 Å². The standard InChI is InChI=1S/C14H24N4/c1-17(10-11-18-8-2-3-9-18)14(12-15)13-4-6-16-7-5-13/h4-7,14H,2-3,8-12,15H2,1H3. The molecule has 1 saturated heterocycles. The molecule has 4 heteroatoms. The van der Waals surface area contributed by atoms with Gasteiger partial charge in [0.25, 0.3) is 0 Å². The molecule has 1 atom stereocenters. The van der Waals surface area contributed by atoms with Gasteiger partial charge >= 0.3 is 0 Å². The zero-order valence-corrected chi connectivity index (χ0v) is 11.3. The van der Waals surface area contributed by atoms with E-state index in [2.05, 4.69) is 34.0 Å². The zero-order chi connectivity index (χ0) is 12.8. The van der Waals surface area contributed by atoms with Crippen LogP contribution in [0.25, 0.3) is 0 Å². The Kier molecular flexibility index (Phi) is 5.11. The third-order valence-electron chi connectivity index (χ3n) is 3.81. The lowest BCUT2D eigenvalue weighted by molar-refractivity contribution is 0.209. The van der Waals surface area contributed by atoms with E-state index in [-0.39, 0.29) is 0 Å². The van der Waals surface area contributed by atoms with Crippen LogP contribution in [0.3, 0.4) is 0 Å². The Hall–Kier alpha value is -0.970. The maximum atomic E-state index is 5.91. The first-order chi connectivity index (χ1) is 8.81. The molecule has 18 heavy (non-hydrogen) atoms. The highest BCUT2D eigenvalue weighted by atomic mass is 15.2. The normalized spacial score (nSPS) is 18.4. The van der Waals surface area contributed by atoms with Crippen LogP contribution in [0.2, 0.25) is 0 Å². The van der Waals surface area contributed by atoms with Crippen molar-refractivity contribution in [2.24, 2.45) is 5.73 Å². The second-order valence-electron chi connectivity index (χ2n) is 5.06. The molecule has 0 radical (unpaired) electrons. The number of likely N-dealkylation sites (tertiary alicyclic amines) is 1. The summed E-state index contributed by atoms with van der Waals surface area (Å²) in [6.45, 7) is 5.40. The fourth-order valence-electron chi connectivity index (χ4n) is 2.62. The van der Waals surface area contributed by atoms with Crippen molar-refractivity contribution < 1.29 is 0 Å². The predicted octanol–water partition coefficient (Wildman–Crippen LogP) is 1.11. The molecule has 1 aromatic rings. The molecule has 0 bridgehead atoms. The molecule has 0 saturated carbocycles. The molecular formula is C14H24N4. The van der Waals surface area contributed by atoms with Gasteiger partial charge in [-0.3, -0.25) is 9.88 Å². The molecule has 2 heterocycles. The molecule has 1 aliphatic heterocycles. The largest absolute Gasteiger partial charge is 0.329 e. The van der Waals surface area contributed by atoms with Gasteiger partial charge in [-0.25, -0.2) is 0 Å². The molecule has 1 aromatic heterocycles. The third kappa shape index (κ3) is 3.51. The fourth-order valence-corrected chi connectivity index (χ4v) is 2.62. The molecule has 1 unspecified atom stereocenters. The van der Waals surface area contributed by atoms with Gasteiger partial charge in [-0.05, 0) is 50.7 Å². The van der Waals surface area contributed by atoms with Crippen LogP contribution in [0, 0.1) is 0 Å². The van der Waals surface area contributed by atoms with Crippen LogP contribution >= 0.6 is 0 Å². The maximum Gasteiger partial charge on any atom is 0.0469 e. The lowest BCUT2D eigenvalue weighted by Gasteiger charge is -2.29. The summed E-state index contributed by atoms with van der Waals surface area (Å²) in [5.41, 5.74) is 7.17. The molecule has 0 aliphatic carbocycles. The van der Waals surface area contributed by atoms with Gasteiger partial charge in [-0.15, -0.1) is 0 Å². The quantitative estimate of drug-likeness (QED) is 0.819. The zero-order valence-electron chi connectivity index (χ0n) is 11.3. The molecule has 1 aliphatic rings. The van der Waals surface area contributed by atoms with E-state index >= 15 is 0 Å². The summed E-state index contributed by atoms with van der Waals surface area (Å²) in [6.07, 6.45) is 6.39. The fraction of sp³-hybridized carbons (Fsp3) is 0.643. The van der Waals surface area contributed by atoms with Crippen molar-refractivity contribution in [2.45, 2.75) is 18.9 Å². The molecular weight excluding hydrogens is 224 g/mol. The first-order valence-corrected chi connectivity index (χ1v) is 6.84. The van der Waals surface area contributed by atoms with Crippen LogP contribution in [0.4, 0.5) is 0 Å². The molecule has 4 nitrogen and oxygen atoms in total. The van der Waals surface area contributed by atoms with Crippen molar-refractivity contribution in [1.82, 2.24) is 14.8 Å². The minimum Gasteiger partial charge on any atom is -0.329 e. The van der Waals surface area contributed by atoms with Gasteiger partial charge < -0.3 is 10.6 Å². The molecule has 0 spiro atoms. The first-order valence-electron chi connectivity index (χ1n) is 6.84. The smallest absolute Gasteiger partial charge is 0.0469 e. The number of hydrogen-bond acceptors (Lipinski definition) is 4. The summed E-state index contributed by atoms with van der Waals surface area (Å²) in [7, 11) is 2.16.